The maximum absolute atomic E-state index is 13.8. The minimum atomic E-state index is -0.551. The number of amides is 1. The summed E-state index contributed by atoms with van der Waals surface area (Å²) in [6.07, 6.45) is 3.91. The maximum Gasteiger partial charge on any atom is 0.257 e. The lowest BCUT2D eigenvalue weighted by Crippen LogP contribution is -2.35. The van der Waals surface area contributed by atoms with Gasteiger partial charge in [-0.05, 0) is 54.8 Å². The first-order valence-corrected chi connectivity index (χ1v) is 9.21. The van der Waals surface area contributed by atoms with Crippen LogP contribution in [0, 0.1) is 17.6 Å². The van der Waals surface area contributed by atoms with Gasteiger partial charge in [0, 0.05) is 19.1 Å². The van der Waals surface area contributed by atoms with Crippen LogP contribution in [0.2, 0.25) is 0 Å². The highest BCUT2D eigenvalue weighted by atomic mass is 19.1. The average molecular weight is 405 g/mol. The molecule has 0 aliphatic rings. The van der Waals surface area contributed by atoms with E-state index in [1.807, 2.05) is 25.1 Å². The van der Waals surface area contributed by atoms with Crippen LogP contribution >= 0.6 is 0 Å². The Balaban J connectivity index is 1.88. The first-order valence-electron chi connectivity index (χ1n) is 9.21. The molecule has 0 heterocycles. The number of hydrogen-bond donors (Lipinski definition) is 2. The smallest absolute Gasteiger partial charge is 0.257 e. The molecular weight excluding hydrogens is 380 g/mol. The molecule has 0 saturated heterocycles. The summed E-state index contributed by atoms with van der Waals surface area (Å²) in [4.78, 5) is 12.1. The number of aliphatic hydroxyl groups excluding tert-OH is 1. The fourth-order valence-corrected chi connectivity index (χ4v) is 2.76. The molecule has 0 radical (unpaired) electrons. The standard InChI is InChI=1S/C22H25F2NO4/c1-3-4-15-5-8-20(21(10-15)28-2)29-14-22(27)25-12-16(13-26)9-17-11-18(23)6-7-19(17)24/h3-8,10-11,16,26H,9,12-14H2,1-2H3,(H,25,27). The van der Waals surface area contributed by atoms with Gasteiger partial charge in [0.1, 0.15) is 11.6 Å². The Bertz CT molecular complexity index is 855. The zero-order valence-electron chi connectivity index (χ0n) is 16.5. The summed E-state index contributed by atoms with van der Waals surface area (Å²) in [5.41, 5.74) is 1.09. The van der Waals surface area contributed by atoms with Crippen LogP contribution in [0.25, 0.3) is 6.08 Å². The quantitative estimate of drug-likeness (QED) is 0.636. The van der Waals surface area contributed by atoms with Crippen molar-refractivity contribution in [1.82, 2.24) is 5.32 Å². The summed E-state index contributed by atoms with van der Waals surface area (Å²) >= 11 is 0. The van der Waals surface area contributed by atoms with Crippen molar-refractivity contribution in [3.8, 4) is 11.5 Å². The van der Waals surface area contributed by atoms with Crippen molar-refractivity contribution in [3.63, 3.8) is 0 Å². The number of carbonyl (C=O) groups is 1. The Hall–Kier alpha value is -2.93. The van der Waals surface area contributed by atoms with Crippen molar-refractivity contribution in [2.24, 2.45) is 5.92 Å². The predicted octanol–water partition coefficient (Wildman–Crippen LogP) is 3.35. The lowest BCUT2D eigenvalue weighted by molar-refractivity contribution is -0.123. The highest BCUT2D eigenvalue weighted by Gasteiger charge is 2.15. The number of nitrogens with one attached hydrogen (secondary N) is 1. The zero-order valence-corrected chi connectivity index (χ0v) is 16.5. The highest BCUT2D eigenvalue weighted by Crippen LogP contribution is 2.28. The summed E-state index contributed by atoms with van der Waals surface area (Å²) in [5.74, 6) is -1.02. The van der Waals surface area contributed by atoms with Crippen LogP contribution in [0.15, 0.2) is 42.5 Å². The van der Waals surface area contributed by atoms with Gasteiger partial charge in [-0.15, -0.1) is 0 Å². The molecule has 1 amide bonds. The number of hydrogen-bond acceptors (Lipinski definition) is 4. The van der Waals surface area contributed by atoms with Crippen LogP contribution in [0.1, 0.15) is 18.1 Å². The van der Waals surface area contributed by atoms with E-state index >= 15 is 0 Å². The van der Waals surface area contributed by atoms with Gasteiger partial charge in [-0.3, -0.25) is 4.79 Å². The monoisotopic (exact) mass is 405 g/mol. The summed E-state index contributed by atoms with van der Waals surface area (Å²) in [5, 5.41) is 12.1. The van der Waals surface area contributed by atoms with Crippen LogP contribution in [-0.2, 0) is 11.2 Å². The van der Waals surface area contributed by atoms with Crippen LogP contribution < -0.4 is 14.8 Å². The Kier molecular flexibility index (Phi) is 8.61. The van der Waals surface area contributed by atoms with E-state index in [0.717, 1.165) is 23.8 Å². The number of aliphatic hydroxyl groups is 1. The van der Waals surface area contributed by atoms with E-state index in [0.29, 0.717) is 11.5 Å². The second-order valence-electron chi connectivity index (χ2n) is 6.49. The second-order valence-corrected chi connectivity index (χ2v) is 6.49. The molecule has 0 aliphatic carbocycles. The Morgan fingerprint density at radius 2 is 2.00 bits per heavy atom. The van der Waals surface area contributed by atoms with Gasteiger partial charge in [-0.1, -0.05) is 18.2 Å². The molecule has 2 aromatic rings. The van der Waals surface area contributed by atoms with Crippen LogP contribution in [0.4, 0.5) is 8.78 Å². The van der Waals surface area contributed by atoms with Crippen LogP contribution in [-0.4, -0.2) is 37.9 Å². The third-order valence-corrected chi connectivity index (χ3v) is 4.27. The molecule has 156 valence electrons. The number of carbonyl (C=O) groups excluding carboxylic acids is 1. The number of allylic oxidation sites excluding steroid dienone is 1. The van der Waals surface area contributed by atoms with Gasteiger partial charge in [0.2, 0.25) is 0 Å². The number of ether oxygens (including phenoxy) is 2. The first-order chi connectivity index (χ1) is 14.0. The Morgan fingerprint density at radius 1 is 1.21 bits per heavy atom. The lowest BCUT2D eigenvalue weighted by Gasteiger charge is -2.16. The van der Waals surface area contributed by atoms with E-state index in [1.54, 1.807) is 12.1 Å². The van der Waals surface area contributed by atoms with E-state index in [2.05, 4.69) is 5.32 Å². The number of benzene rings is 2. The number of methoxy groups -OCH3 is 1. The lowest BCUT2D eigenvalue weighted by atomic mass is 9.99. The fraction of sp³-hybridized carbons (Fsp3) is 0.318. The average Bonchev–Trinajstić information content (AvgIpc) is 2.72. The minimum absolute atomic E-state index is 0.0987. The molecule has 0 aliphatic heterocycles. The van der Waals surface area contributed by atoms with E-state index in [1.165, 1.54) is 7.11 Å². The van der Waals surface area contributed by atoms with Crippen molar-refractivity contribution in [1.29, 1.82) is 0 Å². The molecule has 0 aromatic heterocycles. The molecular formula is C22H25F2NO4. The normalized spacial score (nSPS) is 12.0. The highest BCUT2D eigenvalue weighted by molar-refractivity contribution is 5.77. The van der Waals surface area contributed by atoms with Gasteiger partial charge in [0.15, 0.2) is 18.1 Å². The van der Waals surface area contributed by atoms with Gasteiger partial charge < -0.3 is 19.9 Å². The van der Waals surface area contributed by atoms with E-state index in [4.69, 9.17) is 9.47 Å². The van der Waals surface area contributed by atoms with Gasteiger partial charge in [-0.2, -0.15) is 0 Å². The molecule has 2 N–H and O–H groups in total. The number of halogens is 2. The fourth-order valence-electron chi connectivity index (χ4n) is 2.76. The molecule has 29 heavy (non-hydrogen) atoms. The summed E-state index contributed by atoms with van der Waals surface area (Å²) in [6.45, 7) is 1.48. The maximum atomic E-state index is 13.8. The van der Waals surface area contributed by atoms with Crippen molar-refractivity contribution >= 4 is 12.0 Å². The first kappa shape index (κ1) is 22.4. The van der Waals surface area contributed by atoms with Crippen LogP contribution in [0.5, 0.6) is 11.5 Å². The van der Waals surface area contributed by atoms with Crippen molar-refractivity contribution in [3.05, 3.63) is 65.2 Å². The molecule has 2 rings (SSSR count). The van der Waals surface area contributed by atoms with E-state index in [9.17, 15) is 18.7 Å². The summed E-state index contributed by atoms with van der Waals surface area (Å²) < 4.78 is 37.8. The van der Waals surface area contributed by atoms with Gasteiger partial charge in [0.25, 0.3) is 5.91 Å². The molecule has 0 spiro atoms. The summed E-state index contributed by atoms with van der Waals surface area (Å²) in [6, 6.07) is 8.51. The van der Waals surface area contributed by atoms with Gasteiger partial charge in [-0.25, -0.2) is 8.78 Å². The van der Waals surface area contributed by atoms with Gasteiger partial charge in [0.05, 0.1) is 7.11 Å². The molecule has 0 fully saturated rings. The molecule has 7 heteroatoms. The van der Waals surface area contributed by atoms with Crippen LogP contribution in [0.3, 0.4) is 0 Å². The molecule has 2 aromatic carbocycles. The minimum Gasteiger partial charge on any atom is -0.493 e. The third kappa shape index (κ3) is 6.87. The molecule has 0 saturated carbocycles. The van der Waals surface area contributed by atoms with Crippen molar-refractivity contribution < 1.29 is 28.2 Å². The molecule has 0 bridgehead atoms. The molecule has 1 unspecified atom stereocenters. The Morgan fingerprint density at radius 3 is 2.69 bits per heavy atom. The van der Waals surface area contributed by atoms with E-state index in [-0.39, 0.29) is 31.7 Å². The summed E-state index contributed by atoms with van der Waals surface area (Å²) in [7, 11) is 1.51. The molecule has 5 nitrogen and oxygen atoms in total. The SMILES string of the molecule is CC=Cc1ccc(OCC(=O)NCC(CO)Cc2cc(F)ccc2F)c(OC)c1. The van der Waals surface area contributed by atoms with E-state index < -0.39 is 23.5 Å². The Labute approximate surface area is 169 Å². The third-order valence-electron chi connectivity index (χ3n) is 4.27. The van der Waals surface area contributed by atoms with Gasteiger partial charge >= 0.3 is 0 Å². The van der Waals surface area contributed by atoms with Crippen molar-refractivity contribution in [2.45, 2.75) is 13.3 Å². The zero-order chi connectivity index (χ0) is 21.2. The largest absolute Gasteiger partial charge is 0.493 e. The molecule has 1 atom stereocenters. The number of rotatable bonds is 10. The van der Waals surface area contributed by atoms with Crippen molar-refractivity contribution in [2.75, 3.05) is 26.9 Å². The topological polar surface area (TPSA) is 67.8 Å². The predicted molar refractivity (Wildman–Crippen MR) is 107 cm³/mol. The second kappa shape index (κ2) is 11.2.